The zero-order valence-electron chi connectivity index (χ0n) is 13.4. The first-order valence-corrected chi connectivity index (χ1v) is 8.19. The van der Waals surface area contributed by atoms with Crippen molar-refractivity contribution < 1.29 is 4.79 Å². The van der Waals surface area contributed by atoms with Gasteiger partial charge in [-0.25, -0.2) is 4.98 Å². The van der Waals surface area contributed by atoms with Crippen LogP contribution in [0.4, 0.5) is 0 Å². The third kappa shape index (κ3) is 3.39. The van der Waals surface area contributed by atoms with Gasteiger partial charge in [-0.1, -0.05) is 12.1 Å². The van der Waals surface area contributed by atoms with E-state index >= 15 is 0 Å². The van der Waals surface area contributed by atoms with Crippen molar-refractivity contribution in [3.8, 4) is 0 Å². The van der Waals surface area contributed by atoms with Crippen LogP contribution in [-0.4, -0.2) is 28.5 Å². The van der Waals surface area contributed by atoms with Crippen LogP contribution in [0.15, 0.2) is 24.3 Å². The van der Waals surface area contributed by atoms with Crippen molar-refractivity contribution in [1.29, 1.82) is 0 Å². The van der Waals surface area contributed by atoms with Gasteiger partial charge in [-0.2, -0.15) is 0 Å². The summed E-state index contributed by atoms with van der Waals surface area (Å²) in [7, 11) is 0. The van der Waals surface area contributed by atoms with E-state index in [0.717, 1.165) is 29.7 Å². The summed E-state index contributed by atoms with van der Waals surface area (Å²) < 4.78 is 0. The van der Waals surface area contributed by atoms with Gasteiger partial charge in [0.15, 0.2) is 0 Å². The fraction of sp³-hybridized carbons (Fsp3) is 0.529. The number of benzene rings is 1. The lowest BCUT2D eigenvalue weighted by Gasteiger charge is -2.26. The zero-order chi connectivity index (χ0) is 15.1. The highest BCUT2D eigenvalue weighted by molar-refractivity contribution is 5.85. The van der Waals surface area contributed by atoms with Crippen molar-refractivity contribution >= 4 is 41.8 Å². The zero-order valence-corrected chi connectivity index (χ0v) is 15.0. The number of para-hydroxylation sites is 2. The number of amides is 1. The molecule has 4 unspecified atom stereocenters. The summed E-state index contributed by atoms with van der Waals surface area (Å²) in [5.74, 6) is 2.14. The molecule has 0 spiro atoms. The molecule has 0 radical (unpaired) electrons. The van der Waals surface area contributed by atoms with E-state index in [0.29, 0.717) is 18.4 Å². The molecule has 1 aromatic carbocycles. The third-order valence-electron chi connectivity index (χ3n) is 5.38. The fourth-order valence-corrected chi connectivity index (χ4v) is 4.27. The number of aromatic amines is 1. The normalized spacial score (nSPS) is 27.5. The standard InChI is InChI=1S/C17H22N4O.2ClH/c18-16-11-6-5-10(9-11)15(16)17(22)19-8-7-14-20-12-3-1-2-4-13(12)21-14;;/h1-4,10-11,15-16H,5-9,18H2,(H,19,22)(H,20,21);2*1H. The molecule has 0 aliphatic heterocycles. The number of nitrogens with zero attached hydrogens (tertiary/aromatic N) is 1. The van der Waals surface area contributed by atoms with Gasteiger partial charge in [0.25, 0.3) is 0 Å². The largest absolute Gasteiger partial charge is 0.355 e. The predicted molar refractivity (Wildman–Crippen MR) is 99.6 cm³/mol. The first kappa shape index (κ1) is 19.0. The van der Waals surface area contributed by atoms with E-state index in [2.05, 4.69) is 15.3 Å². The molecular formula is C17H24Cl2N4O. The van der Waals surface area contributed by atoms with Crippen LogP contribution in [0.2, 0.25) is 0 Å². The molecule has 2 fully saturated rings. The molecule has 2 aliphatic carbocycles. The van der Waals surface area contributed by atoms with Gasteiger partial charge in [0.2, 0.25) is 5.91 Å². The molecule has 7 heteroatoms. The smallest absolute Gasteiger partial charge is 0.224 e. The van der Waals surface area contributed by atoms with Crippen LogP contribution < -0.4 is 11.1 Å². The Bertz CT molecular complexity index is 670. The molecular weight excluding hydrogens is 347 g/mol. The molecule has 4 atom stereocenters. The number of halogens is 2. The van der Waals surface area contributed by atoms with Crippen LogP contribution >= 0.6 is 24.8 Å². The second-order valence-electron chi connectivity index (χ2n) is 6.68. The molecule has 1 aromatic heterocycles. The molecule has 2 bridgehead atoms. The predicted octanol–water partition coefficient (Wildman–Crippen LogP) is 2.44. The summed E-state index contributed by atoms with van der Waals surface area (Å²) in [5.41, 5.74) is 8.23. The lowest BCUT2D eigenvalue weighted by Crippen LogP contribution is -2.45. The van der Waals surface area contributed by atoms with Gasteiger partial charge in [0.1, 0.15) is 5.82 Å². The molecule has 2 aromatic rings. The first-order chi connectivity index (χ1) is 10.7. The van der Waals surface area contributed by atoms with Gasteiger partial charge in [0, 0.05) is 19.0 Å². The van der Waals surface area contributed by atoms with E-state index < -0.39 is 0 Å². The highest BCUT2D eigenvalue weighted by atomic mass is 35.5. The van der Waals surface area contributed by atoms with Crippen molar-refractivity contribution in [3.63, 3.8) is 0 Å². The van der Waals surface area contributed by atoms with Crippen molar-refractivity contribution in [2.24, 2.45) is 23.5 Å². The van der Waals surface area contributed by atoms with Gasteiger partial charge in [0.05, 0.1) is 17.0 Å². The van der Waals surface area contributed by atoms with Crippen LogP contribution in [0.3, 0.4) is 0 Å². The Morgan fingerprint density at radius 2 is 2.00 bits per heavy atom. The Kier molecular flexibility index (Phi) is 6.12. The minimum Gasteiger partial charge on any atom is -0.355 e. The van der Waals surface area contributed by atoms with E-state index in [1.807, 2.05) is 24.3 Å². The topological polar surface area (TPSA) is 83.8 Å². The number of rotatable bonds is 4. The Morgan fingerprint density at radius 3 is 2.71 bits per heavy atom. The van der Waals surface area contributed by atoms with Crippen molar-refractivity contribution in [2.75, 3.05) is 6.54 Å². The molecule has 4 rings (SSSR count). The van der Waals surface area contributed by atoms with Gasteiger partial charge in [-0.05, 0) is 43.2 Å². The lowest BCUT2D eigenvalue weighted by molar-refractivity contribution is -0.127. The average molecular weight is 371 g/mol. The maximum atomic E-state index is 12.4. The van der Waals surface area contributed by atoms with Gasteiger partial charge in [-0.15, -0.1) is 24.8 Å². The number of hydrogen-bond acceptors (Lipinski definition) is 3. The molecule has 2 aliphatic rings. The number of carbonyl (C=O) groups is 1. The number of nitrogens with two attached hydrogens (primary N) is 1. The Labute approximate surface area is 154 Å². The minimum atomic E-state index is 0. The van der Waals surface area contributed by atoms with Gasteiger partial charge in [-0.3, -0.25) is 4.79 Å². The average Bonchev–Trinajstić information content (AvgIpc) is 3.19. The van der Waals surface area contributed by atoms with Gasteiger partial charge >= 0.3 is 0 Å². The second-order valence-corrected chi connectivity index (χ2v) is 6.68. The van der Waals surface area contributed by atoms with Crippen molar-refractivity contribution in [2.45, 2.75) is 31.7 Å². The van der Waals surface area contributed by atoms with E-state index in [1.54, 1.807) is 0 Å². The number of carbonyl (C=O) groups excluding carboxylic acids is 1. The summed E-state index contributed by atoms with van der Waals surface area (Å²) in [6.45, 7) is 0.610. The van der Waals surface area contributed by atoms with Crippen molar-refractivity contribution in [3.05, 3.63) is 30.1 Å². The van der Waals surface area contributed by atoms with Crippen LogP contribution in [0.5, 0.6) is 0 Å². The lowest BCUT2D eigenvalue weighted by atomic mass is 9.84. The Balaban J connectivity index is 0.00000104. The van der Waals surface area contributed by atoms with Gasteiger partial charge < -0.3 is 16.0 Å². The molecule has 0 saturated heterocycles. The SMILES string of the molecule is Cl.Cl.NC1C2CCC(C2)C1C(=O)NCCc1nc2ccccc2[nH]1. The molecule has 4 N–H and O–H groups in total. The summed E-state index contributed by atoms with van der Waals surface area (Å²) in [6.07, 6.45) is 4.23. The van der Waals surface area contributed by atoms with Crippen LogP contribution in [0.25, 0.3) is 11.0 Å². The fourth-order valence-electron chi connectivity index (χ4n) is 4.27. The first-order valence-electron chi connectivity index (χ1n) is 8.19. The van der Waals surface area contributed by atoms with E-state index in [1.165, 1.54) is 12.8 Å². The monoisotopic (exact) mass is 370 g/mol. The molecule has 1 amide bonds. The highest BCUT2D eigenvalue weighted by Gasteiger charge is 2.48. The summed E-state index contributed by atoms with van der Waals surface area (Å²) in [6, 6.07) is 8.03. The molecule has 24 heavy (non-hydrogen) atoms. The summed E-state index contributed by atoms with van der Waals surface area (Å²) in [4.78, 5) is 20.2. The number of imidazole rings is 1. The van der Waals surface area contributed by atoms with E-state index in [4.69, 9.17) is 5.73 Å². The number of fused-ring (bicyclic) bond motifs is 3. The maximum absolute atomic E-state index is 12.4. The Morgan fingerprint density at radius 1 is 1.25 bits per heavy atom. The number of nitrogens with one attached hydrogen (secondary N) is 2. The molecule has 5 nitrogen and oxygen atoms in total. The summed E-state index contributed by atoms with van der Waals surface area (Å²) in [5, 5.41) is 3.05. The maximum Gasteiger partial charge on any atom is 0.224 e. The van der Waals surface area contributed by atoms with Crippen LogP contribution in [0, 0.1) is 17.8 Å². The minimum absolute atomic E-state index is 0. The molecule has 1 heterocycles. The molecule has 132 valence electrons. The van der Waals surface area contributed by atoms with Crippen LogP contribution in [0.1, 0.15) is 25.1 Å². The number of hydrogen-bond donors (Lipinski definition) is 3. The van der Waals surface area contributed by atoms with E-state index in [-0.39, 0.29) is 42.7 Å². The van der Waals surface area contributed by atoms with Crippen LogP contribution in [-0.2, 0) is 11.2 Å². The molecule has 2 saturated carbocycles. The Hall–Kier alpha value is -1.30. The quantitative estimate of drug-likeness (QED) is 0.772. The number of H-pyrrole nitrogens is 1. The van der Waals surface area contributed by atoms with Crippen molar-refractivity contribution in [1.82, 2.24) is 15.3 Å². The summed E-state index contributed by atoms with van der Waals surface area (Å²) >= 11 is 0. The second kappa shape index (κ2) is 7.72. The third-order valence-corrected chi connectivity index (χ3v) is 5.38. The highest BCUT2D eigenvalue weighted by Crippen LogP contribution is 2.47. The number of aromatic nitrogens is 2. The van der Waals surface area contributed by atoms with E-state index in [9.17, 15) is 4.79 Å².